The molecule has 0 unspecified atom stereocenters. The van der Waals surface area contributed by atoms with Crippen LogP contribution in [0.4, 0.5) is 11.4 Å². The van der Waals surface area contributed by atoms with E-state index in [2.05, 4.69) is 0 Å². The summed E-state index contributed by atoms with van der Waals surface area (Å²) in [5, 5.41) is 0.675. The van der Waals surface area contributed by atoms with Crippen LogP contribution in [0.2, 0.25) is 5.02 Å². The van der Waals surface area contributed by atoms with Gasteiger partial charge in [-0.05, 0) is 18.2 Å². The number of anilines is 2. The molecule has 2 N–H and O–H groups in total. The molecule has 60 valence electrons. The standard InChI is InChI=1S/C8H11ClN2/c1-11(2)8-4-6(9)3-7(10)5-8/h3-5H,10H2,1-2H3. The molecule has 0 aliphatic heterocycles. The summed E-state index contributed by atoms with van der Waals surface area (Å²) in [6.07, 6.45) is 0. The fourth-order valence-corrected chi connectivity index (χ4v) is 1.09. The molecule has 0 saturated carbocycles. The topological polar surface area (TPSA) is 29.3 Å². The molecule has 0 heterocycles. The van der Waals surface area contributed by atoms with Crippen molar-refractivity contribution in [1.29, 1.82) is 0 Å². The van der Waals surface area contributed by atoms with E-state index in [-0.39, 0.29) is 0 Å². The highest BCUT2D eigenvalue weighted by Gasteiger charge is 1.97. The Morgan fingerprint density at radius 1 is 1.27 bits per heavy atom. The summed E-state index contributed by atoms with van der Waals surface area (Å²) in [6.45, 7) is 0. The summed E-state index contributed by atoms with van der Waals surface area (Å²) in [5.74, 6) is 0. The molecule has 0 aromatic heterocycles. The van der Waals surface area contributed by atoms with E-state index < -0.39 is 0 Å². The number of nitrogen functional groups attached to an aromatic ring is 1. The summed E-state index contributed by atoms with van der Waals surface area (Å²) in [7, 11) is 3.90. The van der Waals surface area contributed by atoms with Gasteiger partial charge in [-0.25, -0.2) is 0 Å². The first-order valence-corrected chi connectivity index (χ1v) is 3.71. The number of halogens is 1. The van der Waals surface area contributed by atoms with Crippen molar-refractivity contribution in [3.63, 3.8) is 0 Å². The van der Waals surface area contributed by atoms with Crippen molar-refractivity contribution < 1.29 is 0 Å². The van der Waals surface area contributed by atoms with Gasteiger partial charge in [-0.2, -0.15) is 0 Å². The normalized spacial score (nSPS) is 9.73. The van der Waals surface area contributed by atoms with E-state index >= 15 is 0 Å². The fourth-order valence-electron chi connectivity index (χ4n) is 0.854. The Labute approximate surface area is 71.6 Å². The molecule has 11 heavy (non-hydrogen) atoms. The maximum Gasteiger partial charge on any atom is 0.0447 e. The average Bonchev–Trinajstić information content (AvgIpc) is 1.85. The lowest BCUT2D eigenvalue weighted by molar-refractivity contribution is 1.13. The van der Waals surface area contributed by atoms with Crippen LogP contribution in [0.5, 0.6) is 0 Å². The van der Waals surface area contributed by atoms with Gasteiger partial charge in [0.2, 0.25) is 0 Å². The number of hydrogen-bond donors (Lipinski definition) is 1. The molecule has 0 aliphatic carbocycles. The molecular formula is C8H11ClN2. The van der Waals surface area contributed by atoms with Gasteiger partial charge in [0, 0.05) is 30.5 Å². The van der Waals surface area contributed by atoms with Crippen LogP contribution in [0.25, 0.3) is 0 Å². The minimum Gasteiger partial charge on any atom is -0.399 e. The number of nitrogens with zero attached hydrogens (tertiary/aromatic N) is 1. The van der Waals surface area contributed by atoms with E-state index in [4.69, 9.17) is 17.3 Å². The second-order valence-corrected chi connectivity index (χ2v) is 3.07. The summed E-state index contributed by atoms with van der Waals surface area (Å²) in [6, 6.07) is 5.48. The van der Waals surface area contributed by atoms with Gasteiger partial charge in [0.25, 0.3) is 0 Å². The van der Waals surface area contributed by atoms with E-state index in [1.165, 1.54) is 0 Å². The zero-order valence-corrected chi connectivity index (χ0v) is 7.39. The van der Waals surface area contributed by atoms with Gasteiger partial charge in [-0.3, -0.25) is 0 Å². The molecule has 1 aromatic rings. The van der Waals surface area contributed by atoms with E-state index in [0.717, 1.165) is 5.69 Å². The predicted octanol–water partition coefficient (Wildman–Crippen LogP) is 1.99. The third-order valence-electron chi connectivity index (χ3n) is 1.42. The van der Waals surface area contributed by atoms with Crippen LogP contribution < -0.4 is 10.6 Å². The van der Waals surface area contributed by atoms with Crippen molar-refractivity contribution in [3.8, 4) is 0 Å². The van der Waals surface area contributed by atoms with Crippen molar-refractivity contribution in [3.05, 3.63) is 23.2 Å². The second-order valence-electron chi connectivity index (χ2n) is 2.64. The Morgan fingerprint density at radius 3 is 2.36 bits per heavy atom. The van der Waals surface area contributed by atoms with Gasteiger partial charge >= 0.3 is 0 Å². The van der Waals surface area contributed by atoms with Crippen LogP contribution in [0, 0.1) is 0 Å². The van der Waals surface area contributed by atoms with Crippen molar-refractivity contribution in [2.75, 3.05) is 24.7 Å². The molecule has 0 bridgehead atoms. The molecule has 1 rings (SSSR count). The van der Waals surface area contributed by atoms with Crippen molar-refractivity contribution >= 4 is 23.0 Å². The van der Waals surface area contributed by atoms with Gasteiger partial charge in [-0.1, -0.05) is 11.6 Å². The first-order chi connectivity index (χ1) is 5.09. The van der Waals surface area contributed by atoms with Crippen molar-refractivity contribution in [1.82, 2.24) is 0 Å². The van der Waals surface area contributed by atoms with Crippen molar-refractivity contribution in [2.24, 2.45) is 0 Å². The number of rotatable bonds is 1. The number of benzene rings is 1. The van der Waals surface area contributed by atoms with E-state index in [0.29, 0.717) is 10.7 Å². The third-order valence-corrected chi connectivity index (χ3v) is 1.64. The lowest BCUT2D eigenvalue weighted by atomic mass is 10.3. The van der Waals surface area contributed by atoms with Crippen LogP contribution in [0.3, 0.4) is 0 Å². The molecule has 0 fully saturated rings. The summed E-state index contributed by atoms with van der Waals surface area (Å²) >= 11 is 5.79. The fraction of sp³-hybridized carbons (Fsp3) is 0.250. The maximum absolute atomic E-state index is 5.79. The monoisotopic (exact) mass is 170 g/mol. The highest BCUT2D eigenvalue weighted by atomic mass is 35.5. The SMILES string of the molecule is CN(C)c1cc(N)cc(Cl)c1. The Kier molecular flexibility index (Phi) is 2.25. The van der Waals surface area contributed by atoms with E-state index in [1.807, 2.05) is 31.1 Å². The average molecular weight is 171 g/mol. The largest absolute Gasteiger partial charge is 0.399 e. The lowest BCUT2D eigenvalue weighted by Crippen LogP contribution is -2.08. The molecule has 0 saturated heterocycles. The smallest absolute Gasteiger partial charge is 0.0447 e. The predicted molar refractivity (Wildman–Crippen MR) is 50.2 cm³/mol. The molecular weight excluding hydrogens is 160 g/mol. The van der Waals surface area contributed by atoms with Gasteiger partial charge in [0.15, 0.2) is 0 Å². The van der Waals surface area contributed by atoms with Gasteiger partial charge in [0.1, 0.15) is 0 Å². The van der Waals surface area contributed by atoms with Gasteiger partial charge in [0.05, 0.1) is 0 Å². The van der Waals surface area contributed by atoms with Crippen LogP contribution in [-0.2, 0) is 0 Å². The lowest BCUT2D eigenvalue weighted by Gasteiger charge is -2.12. The minimum absolute atomic E-state index is 0.675. The summed E-state index contributed by atoms with van der Waals surface area (Å²) < 4.78 is 0. The highest BCUT2D eigenvalue weighted by molar-refractivity contribution is 6.31. The zero-order valence-electron chi connectivity index (χ0n) is 6.63. The van der Waals surface area contributed by atoms with Crippen LogP contribution in [0.15, 0.2) is 18.2 Å². The zero-order chi connectivity index (χ0) is 8.43. The van der Waals surface area contributed by atoms with Crippen LogP contribution >= 0.6 is 11.6 Å². The number of hydrogen-bond acceptors (Lipinski definition) is 2. The highest BCUT2D eigenvalue weighted by Crippen LogP contribution is 2.21. The Hall–Kier alpha value is -0.890. The van der Waals surface area contributed by atoms with Crippen LogP contribution in [-0.4, -0.2) is 14.1 Å². The van der Waals surface area contributed by atoms with Crippen LogP contribution in [0.1, 0.15) is 0 Å². The van der Waals surface area contributed by atoms with Gasteiger partial charge in [-0.15, -0.1) is 0 Å². The Morgan fingerprint density at radius 2 is 1.91 bits per heavy atom. The second kappa shape index (κ2) is 3.01. The van der Waals surface area contributed by atoms with E-state index in [1.54, 1.807) is 6.07 Å². The van der Waals surface area contributed by atoms with Gasteiger partial charge < -0.3 is 10.6 Å². The molecule has 0 amide bonds. The number of nitrogens with two attached hydrogens (primary N) is 1. The Bertz CT molecular complexity index is 238. The van der Waals surface area contributed by atoms with Crippen molar-refractivity contribution in [2.45, 2.75) is 0 Å². The molecule has 0 aliphatic rings. The molecule has 1 aromatic carbocycles. The molecule has 2 nitrogen and oxygen atoms in total. The molecule has 0 radical (unpaired) electrons. The summed E-state index contributed by atoms with van der Waals surface area (Å²) in [4.78, 5) is 1.96. The first-order valence-electron chi connectivity index (χ1n) is 3.33. The quantitative estimate of drug-likeness (QED) is 0.654. The Balaban J connectivity index is 3.08. The molecule has 3 heteroatoms. The third kappa shape index (κ3) is 2.02. The molecule has 0 spiro atoms. The minimum atomic E-state index is 0.675. The van der Waals surface area contributed by atoms with E-state index in [9.17, 15) is 0 Å². The summed E-state index contributed by atoms with van der Waals surface area (Å²) in [5.41, 5.74) is 7.30. The molecule has 0 atom stereocenters. The first kappa shape index (κ1) is 8.21. The maximum atomic E-state index is 5.79.